The number of esters is 1. The monoisotopic (exact) mass is 580 g/mol. The number of carbonyl (C=O) groups is 1. The fourth-order valence-electron chi connectivity index (χ4n) is 5.01. The van der Waals surface area contributed by atoms with Gasteiger partial charge in [-0.1, -0.05) is 91.0 Å². The first-order valence-electron chi connectivity index (χ1n) is 12.7. The van der Waals surface area contributed by atoms with Gasteiger partial charge in [0.1, 0.15) is 11.6 Å². The molecule has 39 heavy (non-hydrogen) atoms. The van der Waals surface area contributed by atoms with Crippen LogP contribution < -0.4 is 5.32 Å². The molecule has 0 aliphatic rings. The van der Waals surface area contributed by atoms with Crippen molar-refractivity contribution in [3.63, 3.8) is 0 Å². The zero-order valence-electron chi connectivity index (χ0n) is 21.6. The number of nitrogens with zero attached hydrogens (tertiary/aromatic N) is 3. The molecule has 0 fully saturated rings. The van der Waals surface area contributed by atoms with E-state index in [2.05, 4.69) is 104 Å². The number of nitrogens with one attached hydrogen (secondary N) is 1. The van der Waals surface area contributed by atoms with Crippen molar-refractivity contribution in [2.24, 2.45) is 0 Å². The van der Waals surface area contributed by atoms with Crippen molar-refractivity contribution in [3.05, 3.63) is 154 Å². The molecule has 1 atom stereocenters. The summed E-state index contributed by atoms with van der Waals surface area (Å²) in [6.07, 6.45) is 7.73. The number of pyridine rings is 1. The summed E-state index contributed by atoms with van der Waals surface area (Å²) in [4.78, 5) is 21.6. The molecule has 1 N–H and O–H groups in total. The second-order valence-electron chi connectivity index (χ2n) is 9.21. The minimum absolute atomic E-state index is 0.338. The van der Waals surface area contributed by atoms with Gasteiger partial charge in [0, 0.05) is 36.0 Å². The third-order valence-electron chi connectivity index (χ3n) is 6.89. The van der Waals surface area contributed by atoms with E-state index in [1.807, 2.05) is 36.8 Å². The molecule has 0 saturated heterocycles. The predicted octanol–water partition coefficient (Wildman–Crippen LogP) is 5.75. The molecule has 2 aromatic heterocycles. The first kappa shape index (κ1) is 26.5. The first-order chi connectivity index (χ1) is 19.1. The van der Waals surface area contributed by atoms with Crippen molar-refractivity contribution in [1.29, 1.82) is 0 Å². The molecule has 0 amide bonds. The van der Waals surface area contributed by atoms with Crippen molar-refractivity contribution in [1.82, 2.24) is 19.9 Å². The topological polar surface area (TPSA) is 69.0 Å². The lowest BCUT2D eigenvalue weighted by Gasteiger charge is -2.37. The highest BCUT2D eigenvalue weighted by atomic mass is 79.9. The van der Waals surface area contributed by atoms with Crippen LogP contribution in [-0.4, -0.2) is 33.7 Å². The number of imidazole rings is 1. The van der Waals surface area contributed by atoms with Crippen LogP contribution in [0, 0.1) is 0 Å². The Morgan fingerprint density at radius 1 is 0.923 bits per heavy atom. The molecule has 0 bridgehead atoms. The summed E-state index contributed by atoms with van der Waals surface area (Å²) in [5.74, 6) is -0.338. The Hall–Kier alpha value is -4.07. The molecule has 0 radical (unpaired) electrons. The highest BCUT2D eigenvalue weighted by Gasteiger charge is 2.38. The maximum absolute atomic E-state index is 12.7. The summed E-state index contributed by atoms with van der Waals surface area (Å²) in [5, 5.41) is 3.34. The summed E-state index contributed by atoms with van der Waals surface area (Å²) < 4.78 is 8.15. The second kappa shape index (κ2) is 12.2. The third kappa shape index (κ3) is 5.55. The predicted molar refractivity (Wildman–Crippen MR) is 155 cm³/mol. The molecule has 0 unspecified atom stereocenters. The summed E-state index contributed by atoms with van der Waals surface area (Å²) >= 11 is 3.52. The Kier molecular flexibility index (Phi) is 8.30. The fourth-order valence-corrected chi connectivity index (χ4v) is 5.40. The smallest absolute Gasteiger partial charge is 0.323 e. The van der Waals surface area contributed by atoms with E-state index in [1.165, 1.54) is 7.11 Å². The Morgan fingerprint density at radius 2 is 1.49 bits per heavy atom. The first-order valence-corrected chi connectivity index (χ1v) is 13.5. The van der Waals surface area contributed by atoms with Crippen molar-refractivity contribution < 1.29 is 9.53 Å². The van der Waals surface area contributed by atoms with Crippen molar-refractivity contribution in [3.8, 4) is 0 Å². The number of aromatic nitrogens is 3. The largest absolute Gasteiger partial charge is 0.468 e. The minimum Gasteiger partial charge on any atom is -0.468 e. The van der Waals surface area contributed by atoms with Gasteiger partial charge in [-0.25, -0.2) is 4.98 Å². The number of methoxy groups -OCH3 is 1. The number of carbonyl (C=O) groups excluding carboxylic acids is 1. The lowest BCUT2D eigenvalue weighted by molar-refractivity contribution is -0.143. The van der Waals surface area contributed by atoms with E-state index in [0.717, 1.165) is 32.4 Å². The Bertz CT molecular complexity index is 1410. The van der Waals surface area contributed by atoms with Gasteiger partial charge in [0.2, 0.25) is 0 Å². The van der Waals surface area contributed by atoms with Crippen molar-refractivity contribution in [2.75, 3.05) is 7.11 Å². The molecular weight excluding hydrogens is 552 g/mol. The maximum atomic E-state index is 12.7. The van der Waals surface area contributed by atoms with Gasteiger partial charge < -0.3 is 9.30 Å². The highest BCUT2D eigenvalue weighted by Crippen LogP contribution is 2.40. The van der Waals surface area contributed by atoms with E-state index >= 15 is 0 Å². The third-order valence-corrected chi connectivity index (χ3v) is 7.61. The van der Waals surface area contributed by atoms with Crippen LogP contribution >= 0.6 is 15.9 Å². The molecule has 196 valence electrons. The number of hydrogen-bond acceptors (Lipinski definition) is 5. The number of rotatable bonds is 10. The molecule has 0 aliphatic carbocycles. The second-order valence-corrected chi connectivity index (χ2v) is 10.1. The minimum atomic E-state index is -0.662. The van der Waals surface area contributed by atoms with Crippen molar-refractivity contribution >= 4 is 21.9 Å². The van der Waals surface area contributed by atoms with E-state index in [9.17, 15) is 4.79 Å². The Balaban J connectivity index is 1.55. The van der Waals surface area contributed by atoms with E-state index in [4.69, 9.17) is 9.72 Å². The lowest BCUT2D eigenvalue weighted by Crippen LogP contribution is -2.39. The molecule has 0 saturated carbocycles. The number of ether oxygens (including phenoxy) is 1. The Labute approximate surface area is 236 Å². The van der Waals surface area contributed by atoms with Crippen molar-refractivity contribution in [2.45, 2.75) is 24.5 Å². The summed E-state index contributed by atoms with van der Waals surface area (Å²) in [6.45, 7) is 0.478. The summed E-state index contributed by atoms with van der Waals surface area (Å²) in [7, 11) is 1.41. The normalized spacial score (nSPS) is 12.2. The quantitative estimate of drug-likeness (QED) is 0.168. The summed E-state index contributed by atoms with van der Waals surface area (Å²) in [5.41, 5.74) is 4.44. The average Bonchev–Trinajstić information content (AvgIpc) is 3.46. The van der Waals surface area contributed by atoms with Gasteiger partial charge in [-0.15, -0.1) is 0 Å². The zero-order valence-corrected chi connectivity index (χ0v) is 23.2. The lowest BCUT2D eigenvalue weighted by atomic mass is 9.77. The highest BCUT2D eigenvalue weighted by molar-refractivity contribution is 9.10. The number of halogens is 1. The van der Waals surface area contributed by atoms with Gasteiger partial charge in [0.15, 0.2) is 0 Å². The molecule has 0 spiro atoms. The molecule has 3 aromatic carbocycles. The van der Waals surface area contributed by atoms with Gasteiger partial charge in [0.25, 0.3) is 0 Å². The molecule has 5 rings (SSSR count). The van der Waals surface area contributed by atoms with Crippen LogP contribution in [0.2, 0.25) is 0 Å². The van der Waals surface area contributed by atoms with Crippen LogP contribution in [0.4, 0.5) is 0 Å². The van der Waals surface area contributed by atoms with Crippen LogP contribution in [0.25, 0.3) is 0 Å². The van der Waals surface area contributed by atoms with Crippen LogP contribution in [0.1, 0.15) is 27.9 Å². The number of benzene rings is 3. The van der Waals surface area contributed by atoms with E-state index < -0.39 is 11.6 Å². The van der Waals surface area contributed by atoms with E-state index in [1.54, 1.807) is 12.4 Å². The fraction of sp³-hybridized carbons (Fsp3) is 0.156. The van der Waals surface area contributed by atoms with Gasteiger partial charge in [0.05, 0.1) is 19.1 Å². The number of hydrogen-bond donors (Lipinski definition) is 1. The average molecular weight is 582 g/mol. The molecule has 5 aromatic rings. The summed E-state index contributed by atoms with van der Waals surface area (Å²) in [6, 6.07) is 32.6. The van der Waals surface area contributed by atoms with E-state index in [-0.39, 0.29) is 5.97 Å². The van der Waals surface area contributed by atoms with Gasteiger partial charge in [-0.2, -0.15) is 0 Å². The Morgan fingerprint density at radius 3 is 2.00 bits per heavy atom. The van der Waals surface area contributed by atoms with Crippen LogP contribution in [-0.2, 0) is 28.0 Å². The van der Waals surface area contributed by atoms with E-state index in [0.29, 0.717) is 13.0 Å². The van der Waals surface area contributed by atoms with Gasteiger partial charge in [-0.05, 0) is 44.3 Å². The standard InChI is InChI=1S/C32H29BrN4O2/c1-39-31(38)30(35-20-24-17-18-34-21-29(24)33)19-28-22-37(23-36-28)32(25-11-5-2-6-12-25,26-13-7-3-8-14-26)27-15-9-4-10-16-27/h2-18,21-23,30,35H,19-20H2,1H3/t30-/m0/s1. The maximum Gasteiger partial charge on any atom is 0.323 e. The van der Waals surface area contributed by atoms with Crippen LogP contribution in [0.15, 0.2) is 126 Å². The molecule has 2 heterocycles. The van der Waals surface area contributed by atoms with Crippen LogP contribution in [0.5, 0.6) is 0 Å². The van der Waals surface area contributed by atoms with Crippen LogP contribution in [0.3, 0.4) is 0 Å². The SMILES string of the molecule is COC(=O)[C@H](Cc1cn(C(c2ccccc2)(c2ccccc2)c2ccccc2)cn1)NCc1ccncc1Br. The molecule has 6 nitrogen and oxygen atoms in total. The molecule has 0 aliphatic heterocycles. The molecular formula is C32H29BrN4O2. The zero-order chi connectivity index (χ0) is 27.1. The molecule has 7 heteroatoms. The van der Waals surface area contributed by atoms with Gasteiger partial charge in [-0.3, -0.25) is 15.1 Å². The van der Waals surface area contributed by atoms with Gasteiger partial charge >= 0.3 is 5.97 Å².